The molecule has 534 valence electrons. The van der Waals surface area contributed by atoms with Gasteiger partial charge in [0.1, 0.15) is 19.3 Å². The number of aliphatic hydroxyl groups is 1. The predicted octanol–water partition coefficient (Wildman–Crippen LogP) is 20.1. The first kappa shape index (κ1) is 88.1. The minimum absolute atomic E-state index is 0.101. The fraction of sp³-hybridized carbons (Fsp3) is 0.944. The summed E-state index contributed by atoms with van der Waals surface area (Å²) in [5, 5.41) is 10.6. The van der Waals surface area contributed by atoms with Gasteiger partial charge in [0.05, 0.1) is 26.4 Å². The highest BCUT2D eigenvalue weighted by Gasteiger charge is 2.30. The van der Waals surface area contributed by atoms with Gasteiger partial charge in [0.25, 0.3) is 0 Å². The summed E-state index contributed by atoms with van der Waals surface area (Å²) < 4.78 is 68.2. The molecule has 0 radical (unpaired) electrons. The average molecular weight is 1330 g/mol. The van der Waals surface area contributed by atoms with Crippen LogP contribution in [0.4, 0.5) is 0 Å². The number of phosphoric acid groups is 2. The fourth-order valence-electron chi connectivity index (χ4n) is 10.6. The number of unbranched alkanes of at least 4 members (excludes halogenated alkanes) is 33. The van der Waals surface area contributed by atoms with Gasteiger partial charge < -0.3 is 33.8 Å². The van der Waals surface area contributed by atoms with Gasteiger partial charge in [-0.1, -0.05) is 299 Å². The molecule has 0 aromatic heterocycles. The van der Waals surface area contributed by atoms with Gasteiger partial charge in [-0.25, -0.2) is 9.13 Å². The molecule has 0 aromatic rings. The molecular weight excluding hydrogens is 1190 g/mol. The van der Waals surface area contributed by atoms with Crippen molar-refractivity contribution in [3.8, 4) is 0 Å². The second-order valence-corrected chi connectivity index (χ2v) is 30.2. The van der Waals surface area contributed by atoms with E-state index in [-0.39, 0.29) is 25.7 Å². The Kier molecular flexibility index (Phi) is 59.4. The lowest BCUT2D eigenvalue weighted by molar-refractivity contribution is -0.161. The normalized spacial score (nSPS) is 14.6. The van der Waals surface area contributed by atoms with Gasteiger partial charge in [0.2, 0.25) is 0 Å². The van der Waals surface area contributed by atoms with Gasteiger partial charge in [-0.3, -0.25) is 37.3 Å². The van der Waals surface area contributed by atoms with Crippen LogP contribution < -0.4 is 0 Å². The molecule has 0 spiro atoms. The SMILES string of the molecule is CCC(C)CCCCCCCCCCC(=O)O[C@H](COC(=O)CCCCCCCCCCCCCCCCCC(C)C)COP(=O)(O)OCC(O)COP(=O)(O)OC[C@@H](COC(=O)CCCCCCCCCCC(C)C)OC(=O)CCCCCCCCC(C)C. The van der Waals surface area contributed by atoms with Crippen LogP contribution in [0, 0.1) is 23.7 Å². The largest absolute Gasteiger partial charge is 0.472 e. The van der Waals surface area contributed by atoms with E-state index in [1.165, 1.54) is 154 Å². The molecule has 0 aromatic carbocycles. The number of carbonyl (C=O) groups is 4. The van der Waals surface area contributed by atoms with E-state index < -0.39 is 97.5 Å². The predicted molar refractivity (Wildman–Crippen MR) is 363 cm³/mol. The van der Waals surface area contributed by atoms with Gasteiger partial charge in [0, 0.05) is 25.7 Å². The summed E-state index contributed by atoms with van der Waals surface area (Å²) in [7, 11) is -9.90. The van der Waals surface area contributed by atoms with E-state index in [4.69, 9.17) is 37.0 Å². The molecular formula is C71H138O17P2. The molecule has 0 heterocycles. The minimum atomic E-state index is -4.95. The molecule has 4 unspecified atom stereocenters. The summed E-state index contributed by atoms with van der Waals surface area (Å²) in [6.07, 6.45) is 43.3. The number of rotatable bonds is 68. The maximum Gasteiger partial charge on any atom is 0.472 e. The number of carbonyl (C=O) groups excluding carboxylic acids is 4. The quantitative estimate of drug-likeness (QED) is 0.0222. The van der Waals surface area contributed by atoms with Crippen LogP contribution in [0.5, 0.6) is 0 Å². The molecule has 0 aliphatic rings. The first-order valence-electron chi connectivity index (χ1n) is 36.7. The average Bonchev–Trinajstić information content (AvgIpc) is 3.70. The maximum absolute atomic E-state index is 13.0. The van der Waals surface area contributed by atoms with E-state index in [0.717, 1.165) is 108 Å². The Labute approximate surface area is 549 Å². The van der Waals surface area contributed by atoms with E-state index in [9.17, 15) is 43.2 Å². The van der Waals surface area contributed by atoms with Crippen LogP contribution in [-0.4, -0.2) is 96.7 Å². The number of phosphoric ester groups is 2. The molecule has 0 fully saturated rings. The lowest BCUT2D eigenvalue weighted by Gasteiger charge is -2.21. The van der Waals surface area contributed by atoms with Crippen molar-refractivity contribution in [2.24, 2.45) is 23.7 Å². The summed E-state index contributed by atoms with van der Waals surface area (Å²) >= 11 is 0. The second kappa shape index (κ2) is 60.7. The zero-order chi connectivity index (χ0) is 66.8. The number of hydrogen-bond donors (Lipinski definition) is 3. The topological polar surface area (TPSA) is 237 Å². The molecule has 3 N–H and O–H groups in total. The third-order valence-corrected chi connectivity index (χ3v) is 18.6. The Hall–Kier alpha value is -1.94. The van der Waals surface area contributed by atoms with E-state index >= 15 is 0 Å². The van der Waals surface area contributed by atoms with Gasteiger partial charge in [-0.2, -0.15) is 0 Å². The smallest absolute Gasteiger partial charge is 0.462 e. The second-order valence-electron chi connectivity index (χ2n) is 27.3. The highest BCUT2D eigenvalue weighted by Crippen LogP contribution is 2.45. The summed E-state index contributed by atoms with van der Waals surface area (Å²) in [6.45, 7) is 14.1. The van der Waals surface area contributed by atoms with Crippen molar-refractivity contribution in [2.45, 2.75) is 369 Å². The van der Waals surface area contributed by atoms with Crippen LogP contribution in [0.3, 0.4) is 0 Å². The first-order valence-corrected chi connectivity index (χ1v) is 39.7. The first-order chi connectivity index (χ1) is 43.1. The number of aliphatic hydroxyl groups excluding tert-OH is 1. The number of ether oxygens (including phenoxy) is 4. The van der Waals surface area contributed by atoms with E-state index in [1.807, 2.05) is 0 Å². The van der Waals surface area contributed by atoms with E-state index in [1.54, 1.807) is 0 Å². The molecule has 0 rings (SSSR count). The molecule has 0 aliphatic carbocycles. The zero-order valence-corrected chi connectivity index (χ0v) is 60.6. The van der Waals surface area contributed by atoms with Crippen molar-refractivity contribution in [1.29, 1.82) is 0 Å². The van der Waals surface area contributed by atoms with E-state index in [2.05, 4.69) is 55.4 Å². The Bertz CT molecular complexity index is 1780. The molecule has 6 atom stereocenters. The van der Waals surface area contributed by atoms with Crippen molar-refractivity contribution in [2.75, 3.05) is 39.6 Å². The molecule has 0 aliphatic heterocycles. The van der Waals surface area contributed by atoms with Gasteiger partial charge in [-0.05, 0) is 49.4 Å². The summed E-state index contributed by atoms with van der Waals surface area (Å²) in [5.74, 6) is 0.838. The molecule has 0 amide bonds. The standard InChI is InChI=1S/C71H138O17P2/c1-9-64(8)50-42-34-25-20-22-28-37-45-53-70(75)87-66(57-81-68(73)51-43-35-26-18-16-14-12-10-11-13-15-17-23-31-39-47-61(2)3)59-85-89(77,78)83-55-65(72)56-84-90(79,80)86-60-67(88-71(76)54-46-38-30-29-33-41-49-63(6)7)58-82-69(74)52-44-36-27-21-19-24-32-40-48-62(4)5/h61-67,72H,9-60H2,1-8H3,(H,77,78)(H,79,80)/t64?,65?,66-,67-/m1/s1. The third-order valence-electron chi connectivity index (χ3n) is 16.7. The van der Waals surface area contributed by atoms with Crippen LogP contribution in [0.15, 0.2) is 0 Å². The third kappa shape index (κ3) is 63.5. The lowest BCUT2D eigenvalue weighted by Crippen LogP contribution is -2.30. The van der Waals surface area contributed by atoms with Crippen LogP contribution in [0.25, 0.3) is 0 Å². The van der Waals surface area contributed by atoms with Crippen molar-refractivity contribution in [3.63, 3.8) is 0 Å². The van der Waals surface area contributed by atoms with Crippen LogP contribution in [-0.2, 0) is 65.4 Å². The van der Waals surface area contributed by atoms with Crippen molar-refractivity contribution in [1.82, 2.24) is 0 Å². The molecule has 90 heavy (non-hydrogen) atoms. The highest BCUT2D eigenvalue weighted by molar-refractivity contribution is 7.47. The van der Waals surface area contributed by atoms with Crippen LogP contribution >= 0.6 is 15.6 Å². The van der Waals surface area contributed by atoms with Gasteiger partial charge in [-0.15, -0.1) is 0 Å². The van der Waals surface area contributed by atoms with Crippen LogP contribution in [0.2, 0.25) is 0 Å². The Morgan fingerprint density at radius 1 is 0.311 bits per heavy atom. The maximum atomic E-state index is 13.0. The lowest BCUT2D eigenvalue weighted by atomic mass is 9.99. The Morgan fingerprint density at radius 2 is 0.533 bits per heavy atom. The summed E-state index contributed by atoms with van der Waals surface area (Å²) in [5.41, 5.74) is 0. The molecule has 0 saturated heterocycles. The van der Waals surface area contributed by atoms with Crippen molar-refractivity contribution < 1.29 is 80.2 Å². The van der Waals surface area contributed by atoms with Gasteiger partial charge >= 0.3 is 39.5 Å². The summed E-state index contributed by atoms with van der Waals surface area (Å²) in [4.78, 5) is 72.5. The molecule has 0 saturated carbocycles. The highest BCUT2D eigenvalue weighted by atomic mass is 31.2. The minimum Gasteiger partial charge on any atom is -0.462 e. The molecule has 17 nitrogen and oxygen atoms in total. The van der Waals surface area contributed by atoms with Gasteiger partial charge in [0.15, 0.2) is 12.2 Å². The molecule has 19 heteroatoms. The van der Waals surface area contributed by atoms with Crippen molar-refractivity contribution >= 4 is 39.5 Å². The molecule has 0 bridgehead atoms. The Morgan fingerprint density at radius 3 is 0.789 bits per heavy atom. The summed E-state index contributed by atoms with van der Waals surface area (Å²) in [6, 6.07) is 0. The zero-order valence-electron chi connectivity index (χ0n) is 58.8. The number of hydrogen-bond acceptors (Lipinski definition) is 15. The van der Waals surface area contributed by atoms with Crippen LogP contribution in [0.1, 0.15) is 351 Å². The fourth-order valence-corrected chi connectivity index (χ4v) is 12.2. The van der Waals surface area contributed by atoms with Crippen molar-refractivity contribution in [3.05, 3.63) is 0 Å². The number of esters is 4. The Balaban J connectivity index is 5.20. The van der Waals surface area contributed by atoms with E-state index in [0.29, 0.717) is 31.6 Å². The monoisotopic (exact) mass is 1320 g/mol.